The van der Waals surface area contributed by atoms with Gasteiger partial charge in [-0.1, -0.05) is 24.8 Å². The van der Waals surface area contributed by atoms with Gasteiger partial charge in [0.2, 0.25) is 5.91 Å². The molecule has 3 nitrogen and oxygen atoms in total. The number of hydrogen-bond donors (Lipinski definition) is 1. The van der Waals surface area contributed by atoms with Crippen LogP contribution in [0.2, 0.25) is 0 Å². The van der Waals surface area contributed by atoms with E-state index in [2.05, 4.69) is 11.9 Å². The van der Waals surface area contributed by atoms with Crippen molar-refractivity contribution in [3.05, 3.63) is 48.2 Å². The second kappa shape index (κ2) is 4.23. The first kappa shape index (κ1) is 10.5. The van der Waals surface area contributed by atoms with E-state index in [4.69, 9.17) is 4.42 Å². The minimum absolute atomic E-state index is 0.176. The number of carbonyl (C=O) groups is 1. The molecule has 0 radical (unpaired) electrons. The number of para-hydroxylation sites is 1. The Bertz CT molecular complexity index is 540. The molecule has 16 heavy (non-hydrogen) atoms. The predicted octanol–water partition coefficient (Wildman–Crippen LogP) is 2.54. The third kappa shape index (κ3) is 1.84. The van der Waals surface area contributed by atoms with E-state index >= 15 is 0 Å². The lowest BCUT2D eigenvalue weighted by atomic mass is 10.1. The molecule has 1 aromatic carbocycles. The third-order valence-corrected chi connectivity index (χ3v) is 2.52. The molecule has 2 aromatic rings. The fourth-order valence-corrected chi connectivity index (χ4v) is 1.69. The average Bonchev–Trinajstić information content (AvgIpc) is 2.62. The van der Waals surface area contributed by atoms with Crippen molar-refractivity contribution < 1.29 is 9.21 Å². The summed E-state index contributed by atoms with van der Waals surface area (Å²) in [4.78, 5) is 11.1. The van der Waals surface area contributed by atoms with Gasteiger partial charge in [0, 0.05) is 17.5 Å². The molecule has 0 saturated carbocycles. The zero-order valence-corrected chi connectivity index (χ0v) is 9.12. The first-order valence-electron chi connectivity index (χ1n) is 5.09. The molecule has 1 N–H and O–H groups in total. The molecule has 0 fully saturated rings. The highest BCUT2D eigenvalue weighted by Gasteiger charge is 2.10. The lowest BCUT2D eigenvalue weighted by Crippen LogP contribution is -2.20. The predicted molar refractivity (Wildman–Crippen MR) is 63.0 cm³/mol. The van der Waals surface area contributed by atoms with Gasteiger partial charge in [0.15, 0.2) is 0 Å². The van der Waals surface area contributed by atoms with Gasteiger partial charge in [0.25, 0.3) is 0 Å². The standard InChI is InChI=1S/C13H13NO2/c1-3-13(15)14-8-11-9(2)16-12-7-5-4-6-10(11)12/h3-7H,1,8H2,2H3,(H,14,15). The number of fused-ring (bicyclic) bond motifs is 1. The Morgan fingerprint density at radius 3 is 3.00 bits per heavy atom. The molecule has 0 unspecified atom stereocenters. The summed E-state index contributed by atoms with van der Waals surface area (Å²) in [6, 6.07) is 7.79. The second-order valence-corrected chi connectivity index (χ2v) is 3.55. The van der Waals surface area contributed by atoms with Gasteiger partial charge in [-0.2, -0.15) is 0 Å². The Balaban J connectivity index is 2.32. The zero-order valence-electron chi connectivity index (χ0n) is 9.12. The average molecular weight is 215 g/mol. The second-order valence-electron chi connectivity index (χ2n) is 3.55. The van der Waals surface area contributed by atoms with Crippen LogP contribution in [0, 0.1) is 6.92 Å². The summed E-state index contributed by atoms with van der Waals surface area (Å²) in [5.74, 6) is 0.662. The van der Waals surface area contributed by atoms with Gasteiger partial charge in [-0.05, 0) is 19.1 Å². The summed E-state index contributed by atoms with van der Waals surface area (Å²) in [6.45, 7) is 5.77. The molecule has 1 aromatic heterocycles. The van der Waals surface area contributed by atoms with Crippen LogP contribution in [0.1, 0.15) is 11.3 Å². The van der Waals surface area contributed by atoms with Crippen LogP contribution in [0.5, 0.6) is 0 Å². The smallest absolute Gasteiger partial charge is 0.243 e. The maximum Gasteiger partial charge on any atom is 0.243 e. The van der Waals surface area contributed by atoms with Crippen molar-refractivity contribution in [2.24, 2.45) is 0 Å². The van der Waals surface area contributed by atoms with Gasteiger partial charge in [0.1, 0.15) is 11.3 Å². The number of amides is 1. The van der Waals surface area contributed by atoms with Crippen molar-refractivity contribution >= 4 is 16.9 Å². The molecule has 0 aliphatic carbocycles. The number of furan rings is 1. The summed E-state index contributed by atoms with van der Waals surface area (Å²) >= 11 is 0. The highest BCUT2D eigenvalue weighted by molar-refractivity contribution is 5.88. The summed E-state index contributed by atoms with van der Waals surface area (Å²) in [6.07, 6.45) is 1.26. The van der Waals surface area contributed by atoms with E-state index in [0.29, 0.717) is 6.54 Å². The number of benzene rings is 1. The topological polar surface area (TPSA) is 42.2 Å². The maximum atomic E-state index is 11.1. The van der Waals surface area contributed by atoms with E-state index in [1.165, 1.54) is 6.08 Å². The fraction of sp³-hybridized carbons (Fsp3) is 0.154. The lowest BCUT2D eigenvalue weighted by Gasteiger charge is -2.01. The molecule has 2 rings (SSSR count). The van der Waals surface area contributed by atoms with Crippen LogP contribution in [0.3, 0.4) is 0 Å². The summed E-state index contributed by atoms with van der Waals surface area (Å²) in [7, 11) is 0. The summed E-state index contributed by atoms with van der Waals surface area (Å²) < 4.78 is 5.59. The van der Waals surface area contributed by atoms with Gasteiger partial charge in [0.05, 0.1) is 0 Å². The molecule has 0 atom stereocenters. The minimum atomic E-state index is -0.176. The molecule has 0 aliphatic rings. The maximum absolute atomic E-state index is 11.1. The van der Waals surface area contributed by atoms with E-state index in [1.807, 2.05) is 31.2 Å². The van der Waals surface area contributed by atoms with Crippen LogP contribution in [0.25, 0.3) is 11.0 Å². The Hall–Kier alpha value is -2.03. The van der Waals surface area contributed by atoms with Gasteiger partial charge in [-0.15, -0.1) is 0 Å². The Kier molecular flexibility index (Phi) is 2.77. The summed E-state index contributed by atoms with van der Waals surface area (Å²) in [5.41, 5.74) is 1.87. The van der Waals surface area contributed by atoms with E-state index in [0.717, 1.165) is 22.3 Å². The van der Waals surface area contributed by atoms with Crippen molar-refractivity contribution in [1.82, 2.24) is 5.32 Å². The van der Waals surface area contributed by atoms with Gasteiger partial charge in [-0.25, -0.2) is 0 Å². The highest BCUT2D eigenvalue weighted by atomic mass is 16.3. The van der Waals surface area contributed by atoms with Crippen LogP contribution in [-0.4, -0.2) is 5.91 Å². The number of nitrogens with one attached hydrogen (secondary N) is 1. The molecule has 0 saturated heterocycles. The Morgan fingerprint density at radius 2 is 2.25 bits per heavy atom. The highest BCUT2D eigenvalue weighted by Crippen LogP contribution is 2.24. The molecule has 3 heteroatoms. The number of hydrogen-bond acceptors (Lipinski definition) is 2. The zero-order chi connectivity index (χ0) is 11.5. The molecule has 82 valence electrons. The molecule has 0 bridgehead atoms. The molecular formula is C13H13NO2. The van der Waals surface area contributed by atoms with Gasteiger partial charge >= 0.3 is 0 Å². The first-order valence-corrected chi connectivity index (χ1v) is 5.09. The van der Waals surface area contributed by atoms with Crippen molar-refractivity contribution in [2.75, 3.05) is 0 Å². The SMILES string of the molecule is C=CC(=O)NCc1c(C)oc2ccccc12. The van der Waals surface area contributed by atoms with E-state index in [9.17, 15) is 4.79 Å². The molecule has 0 spiro atoms. The van der Waals surface area contributed by atoms with E-state index < -0.39 is 0 Å². The van der Waals surface area contributed by atoms with Gasteiger partial charge < -0.3 is 9.73 Å². The first-order chi connectivity index (χ1) is 7.72. The molecular weight excluding hydrogens is 202 g/mol. The van der Waals surface area contributed by atoms with Crippen molar-refractivity contribution in [3.8, 4) is 0 Å². The van der Waals surface area contributed by atoms with E-state index in [1.54, 1.807) is 0 Å². The molecule has 0 aliphatic heterocycles. The van der Waals surface area contributed by atoms with Crippen LogP contribution >= 0.6 is 0 Å². The third-order valence-electron chi connectivity index (χ3n) is 2.52. The van der Waals surface area contributed by atoms with Gasteiger partial charge in [-0.3, -0.25) is 4.79 Å². The minimum Gasteiger partial charge on any atom is -0.461 e. The van der Waals surface area contributed by atoms with Crippen LogP contribution in [-0.2, 0) is 11.3 Å². The number of aryl methyl sites for hydroxylation is 1. The quantitative estimate of drug-likeness (QED) is 0.799. The molecule has 1 heterocycles. The van der Waals surface area contributed by atoms with Crippen LogP contribution in [0.15, 0.2) is 41.3 Å². The van der Waals surface area contributed by atoms with Crippen LogP contribution in [0.4, 0.5) is 0 Å². The lowest BCUT2D eigenvalue weighted by molar-refractivity contribution is -0.116. The number of rotatable bonds is 3. The Morgan fingerprint density at radius 1 is 1.50 bits per heavy atom. The van der Waals surface area contributed by atoms with Crippen LogP contribution < -0.4 is 5.32 Å². The largest absolute Gasteiger partial charge is 0.461 e. The fourth-order valence-electron chi connectivity index (χ4n) is 1.69. The van der Waals surface area contributed by atoms with Crippen molar-refractivity contribution in [2.45, 2.75) is 13.5 Å². The summed E-state index contributed by atoms with van der Waals surface area (Å²) in [5, 5.41) is 3.80. The monoisotopic (exact) mass is 215 g/mol. The van der Waals surface area contributed by atoms with Crippen molar-refractivity contribution in [1.29, 1.82) is 0 Å². The molecule has 1 amide bonds. The van der Waals surface area contributed by atoms with Crippen molar-refractivity contribution in [3.63, 3.8) is 0 Å². The number of carbonyl (C=O) groups excluding carboxylic acids is 1. The normalized spacial score (nSPS) is 10.3. The Labute approximate surface area is 93.8 Å². The van der Waals surface area contributed by atoms with E-state index in [-0.39, 0.29) is 5.91 Å².